The van der Waals surface area contributed by atoms with Crippen LogP contribution in [0.2, 0.25) is 0 Å². The number of rotatable bonds is 25. The lowest BCUT2D eigenvalue weighted by Crippen LogP contribution is -2.58. The normalized spacial score (nSPS) is 18.0. The van der Waals surface area contributed by atoms with Crippen molar-refractivity contribution in [2.75, 3.05) is 54.2 Å². The third-order valence-corrected chi connectivity index (χ3v) is 12.6. The Morgan fingerprint density at radius 2 is 1.46 bits per heavy atom. The van der Waals surface area contributed by atoms with E-state index >= 15 is 0 Å². The van der Waals surface area contributed by atoms with E-state index in [-0.39, 0.29) is 53.7 Å². The van der Waals surface area contributed by atoms with Gasteiger partial charge >= 0.3 is 0 Å². The minimum Gasteiger partial charge on any atom is -0.399 e. The monoisotopic (exact) mass is 878 g/mol. The molecular formula is C49H79N7O7. The summed E-state index contributed by atoms with van der Waals surface area (Å²) in [5.74, 6) is -1.81. The number of nitrogens with zero attached hydrogens (tertiary/aromatic N) is 3. The molecule has 0 saturated carbocycles. The average Bonchev–Trinajstić information content (AvgIpc) is 3.73. The molecule has 1 saturated heterocycles. The molecular weight excluding hydrogens is 799 g/mol. The van der Waals surface area contributed by atoms with Gasteiger partial charge in [0.15, 0.2) is 0 Å². The molecule has 5 N–H and O–H groups in total. The first-order chi connectivity index (χ1) is 29.8. The lowest BCUT2D eigenvalue weighted by atomic mass is 9.89. The molecule has 14 heteroatoms. The number of carbonyl (C=O) groups is 5. The van der Waals surface area contributed by atoms with Gasteiger partial charge in [-0.2, -0.15) is 0 Å². The Morgan fingerprint density at radius 3 is 2.02 bits per heavy atom. The Kier molecular flexibility index (Phi) is 21.5. The molecule has 5 amide bonds. The number of ether oxygens (including phenoxy) is 2. The second-order valence-electron chi connectivity index (χ2n) is 18.5. The number of methoxy groups -OCH3 is 2. The van der Waals surface area contributed by atoms with Crippen LogP contribution in [-0.2, 0) is 46.3 Å². The van der Waals surface area contributed by atoms with E-state index in [4.69, 9.17) is 15.2 Å². The summed E-state index contributed by atoms with van der Waals surface area (Å²) in [5, 5.41) is 9.09. The highest BCUT2D eigenvalue weighted by Crippen LogP contribution is 2.30. The van der Waals surface area contributed by atoms with Gasteiger partial charge in [-0.25, -0.2) is 0 Å². The van der Waals surface area contributed by atoms with E-state index in [0.29, 0.717) is 44.5 Å². The highest BCUT2D eigenvalue weighted by molar-refractivity contribution is 5.90. The first-order valence-corrected chi connectivity index (χ1v) is 22.9. The maximum Gasteiger partial charge on any atom is 0.245 e. The van der Waals surface area contributed by atoms with Crippen LogP contribution in [0.3, 0.4) is 0 Å². The molecule has 0 bridgehead atoms. The van der Waals surface area contributed by atoms with Crippen molar-refractivity contribution in [2.45, 2.75) is 136 Å². The van der Waals surface area contributed by atoms with Crippen molar-refractivity contribution in [1.82, 2.24) is 30.7 Å². The fourth-order valence-electron chi connectivity index (χ4n) is 9.14. The van der Waals surface area contributed by atoms with E-state index in [1.165, 1.54) is 0 Å². The van der Waals surface area contributed by atoms with Crippen molar-refractivity contribution in [3.8, 4) is 0 Å². The van der Waals surface area contributed by atoms with Gasteiger partial charge in [0.25, 0.3) is 0 Å². The molecule has 1 aliphatic rings. The number of likely N-dealkylation sites (tertiary alicyclic amines) is 1. The number of hydrogen-bond acceptors (Lipinski definition) is 9. The van der Waals surface area contributed by atoms with Crippen LogP contribution in [0.5, 0.6) is 0 Å². The molecule has 1 aliphatic heterocycles. The average molecular weight is 878 g/mol. The second-order valence-corrected chi connectivity index (χ2v) is 18.5. The number of hydrogen-bond donors (Lipinski definition) is 4. The van der Waals surface area contributed by atoms with Gasteiger partial charge in [0, 0.05) is 46.5 Å². The summed E-state index contributed by atoms with van der Waals surface area (Å²) in [6, 6.07) is 14.2. The lowest BCUT2D eigenvalue weighted by molar-refractivity contribution is -0.147. The Morgan fingerprint density at radius 1 is 0.825 bits per heavy atom. The Bertz CT molecular complexity index is 1730. The maximum absolute atomic E-state index is 14.4. The first kappa shape index (κ1) is 52.8. The van der Waals surface area contributed by atoms with Crippen molar-refractivity contribution in [3.63, 3.8) is 0 Å². The quantitative estimate of drug-likeness (QED) is 0.103. The fourth-order valence-corrected chi connectivity index (χ4v) is 9.14. The Labute approximate surface area is 377 Å². The fraction of sp³-hybridized carbons (Fsp3) is 0.653. The molecule has 2 aromatic carbocycles. The summed E-state index contributed by atoms with van der Waals surface area (Å²) in [6.07, 6.45) is 2.14. The molecule has 9 atom stereocenters. The van der Waals surface area contributed by atoms with Gasteiger partial charge in [-0.05, 0) is 80.8 Å². The zero-order valence-electron chi connectivity index (χ0n) is 40.2. The maximum atomic E-state index is 14.4. The summed E-state index contributed by atoms with van der Waals surface area (Å²) in [4.78, 5) is 75.5. The van der Waals surface area contributed by atoms with Gasteiger partial charge in [0.2, 0.25) is 29.5 Å². The zero-order valence-corrected chi connectivity index (χ0v) is 40.2. The van der Waals surface area contributed by atoms with Crippen LogP contribution < -0.4 is 21.7 Å². The molecule has 0 aliphatic carbocycles. The lowest BCUT2D eigenvalue weighted by Gasteiger charge is -2.40. The number of nitrogen functional groups attached to an aromatic ring is 1. The third kappa shape index (κ3) is 15.3. The second kappa shape index (κ2) is 25.7. The summed E-state index contributed by atoms with van der Waals surface area (Å²) in [7, 11) is 8.58. The molecule has 0 spiro atoms. The molecule has 14 nitrogen and oxygen atoms in total. The van der Waals surface area contributed by atoms with E-state index in [1.807, 2.05) is 115 Å². The number of amides is 5. The van der Waals surface area contributed by atoms with Crippen molar-refractivity contribution in [1.29, 1.82) is 0 Å². The number of anilines is 1. The van der Waals surface area contributed by atoms with E-state index in [9.17, 15) is 24.0 Å². The smallest absolute Gasteiger partial charge is 0.245 e. The van der Waals surface area contributed by atoms with Crippen molar-refractivity contribution in [3.05, 3.63) is 65.7 Å². The molecule has 1 heterocycles. The minimum atomic E-state index is -0.842. The SMILES string of the molecule is CC[C@H](C)C([C@@H](CC(=O)N1CCC[C@H]1[C@H](OC)[C@@H](C)C(=O)N[C@@H](Cc1ccccc1)C(=O)NCCc1ccc(N)cc1)OC)N(C)C(=O)C(CC(C)C)NC(=O)[C@H](C(C)C)N(C)C. The predicted molar refractivity (Wildman–Crippen MR) is 249 cm³/mol. The third-order valence-electron chi connectivity index (χ3n) is 12.6. The van der Waals surface area contributed by atoms with E-state index in [2.05, 4.69) is 16.0 Å². The van der Waals surface area contributed by atoms with Crippen molar-refractivity contribution in [2.24, 2.45) is 23.7 Å². The summed E-state index contributed by atoms with van der Waals surface area (Å²) >= 11 is 0. The number of benzene rings is 2. The number of nitrogens with two attached hydrogens (primary N) is 1. The van der Waals surface area contributed by atoms with Gasteiger partial charge in [0.05, 0.1) is 42.7 Å². The highest BCUT2D eigenvalue weighted by atomic mass is 16.5. The summed E-state index contributed by atoms with van der Waals surface area (Å²) < 4.78 is 12.1. The zero-order chi connectivity index (χ0) is 47.0. The first-order valence-electron chi connectivity index (χ1n) is 22.9. The highest BCUT2D eigenvalue weighted by Gasteiger charge is 2.43. The Balaban J connectivity index is 1.79. The van der Waals surface area contributed by atoms with Crippen LogP contribution in [0, 0.1) is 23.7 Å². The van der Waals surface area contributed by atoms with Crippen LogP contribution in [0.4, 0.5) is 5.69 Å². The minimum absolute atomic E-state index is 0.00356. The Hall–Kier alpha value is -4.53. The largest absolute Gasteiger partial charge is 0.399 e. The number of carbonyl (C=O) groups excluding carboxylic acids is 5. The standard InChI is InChI=1S/C49H79N7O7/c1-13-33(6)44(55(10)49(61)39(28-31(2)3)53-48(60)43(32(4)5)54(8)9)41(62-11)30-42(57)56-27-17-20-40(56)45(63-12)34(7)46(58)52-38(29-36-18-15-14-16-19-36)47(59)51-26-25-35-21-23-37(50)24-22-35/h14-16,18-19,21-24,31-34,38-41,43-45H,13,17,20,25-30,50H2,1-12H3,(H,51,59)(H,52,58)(H,53,60)/t33-,34+,38-,39?,40-,41+,43-,44?,45+/m0/s1. The van der Waals surface area contributed by atoms with E-state index < -0.39 is 48.3 Å². The molecule has 0 aromatic heterocycles. The van der Waals surface area contributed by atoms with Crippen LogP contribution in [0.15, 0.2) is 54.6 Å². The molecule has 1 fully saturated rings. The van der Waals surface area contributed by atoms with Crippen LogP contribution in [-0.4, -0.2) is 135 Å². The molecule has 3 rings (SSSR count). The molecule has 352 valence electrons. The van der Waals surface area contributed by atoms with Crippen LogP contribution in [0.25, 0.3) is 0 Å². The van der Waals surface area contributed by atoms with Gasteiger partial charge < -0.3 is 41.0 Å². The molecule has 0 radical (unpaired) electrons. The molecule has 2 aromatic rings. The van der Waals surface area contributed by atoms with Gasteiger partial charge in [0.1, 0.15) is 12.1 Å². The number of nitrogens with one attached hydrogen (secondary N) is 3. The predicted octanol–water partition coefficient (Wildman–Crippen LogP) is 4.69. The van der Waals surface area contributed by atoms with E-state index in [1.54, 1.807) is 38.0 Å². The number of likely N-dealkylation sites (N-methyl/N-ethyl adjacent to an activating group) is 2. The van der Waals surface area contributed by atoms with E-state index in [0.717, 1.165) is 24.0 Å². The summed E-state index contributed by atoms with van der Waals surface area (Å²) in [6.45, 7) is 14.8. The van der Waals surface area contributed by atoms with Crippen molar-refractivity contribution >= 4 is 35.2 Å². The van der Waals surface area contributed by atoms with Crippen LogP contribution in [0.1, 0.15) is 91.7 Å². The topological polar surface area (TPSA) is 176 Å². The van der Waals surface area contributed by atoms with Gasteiger partial charge in [-0.15, -0.1) is 0 Å². The molecule has 2 unspecified atom stereocenters. The van der Waals surface area contributed by atoms with Gasteiger partial charge in [-0.3, -0.25) is 28.9 Å². The molecule has 63 heavy (non-hydrogen) atoms. The summed E-state index contributed by atoms with van der Waals surface area (Å²) in [5.41, 5.74) is 8.44. The van der Waals surface area contributed by atoms with Gasteiger partial charge in [-0.1, -0.05) is 97.4 Å². The van der Waals surface area contributed by atoms with Crippen LogP contribution >= 0.6 is 0 Å². The van der Waals surface area contributed by atoms with Crippen molar-refractivity contribution < 1.29 is 33.4 Å².